The van der Waals surface area contributed by atoms with E-state index in [1.165, 1.54) is 11.5 Å². The summed E-state index contributed by atoms with van der Waals surface area (Å²) >= 11 is 0. The van der Waals surface area contributed by atoms with Gasteiger partial charge in [0.05, 0.1) is 44.1 Å². The molecule has 12 heteroatoms. The van der Waals surface area contributed by atoms with Crippen LogP contribution in [0.5, 0.6) is 17.2 Å². The zero-order valence-corrected chi connectivity index (χ0v) is 26.9. The Hall–Kier alpha value is -5.26. The van der Waals surface area contributed by atoms with E-state index in [9.17, 15) is 19.2 Å². The van der Waals surface area contributed by atoms with E-state index in [1.807, 2.05) is 12.1 Å². The Morgan fingerprint density at radius 3 is 2.35 bits per heavy atom. The van der Waals surface area contributed by atoms with E-state index >= 15 is 0 Å². The molecule has 1 aromatic heterocycles. The Labute approximate surface area is 266 Å². The summed E-state index contributed by atoms with van der Waals surface area (Å²) in [6.07, 6.45) is 1.86. The SMILES string of the molecule is COc1cc2c(c(OC)c1OC)-c1ccc(NCCCC(=O)Nc3ccc4c(c3)n(C)c(=O)n4C)c(=O)cc1[C@@H](NC(C)=O)CC2. The minimum Gasteiger partial charge on any atom is -0.493 e. The molecule has 2 amide bonds. The molecule has 1 heterocycles. The van der Waals surface area contributed by atoms with Gasteiger partial charge < -0.3 is 30.2 Å². The summed E-state index contributed by atoms with van der Waals surface area (Å²) < 4.78 is 20.2. The number of amides is 2. The van der Waals surface area contributed by atoms with Crippen LogP contribution in [-0.2, 0) is 30.1 Å². The molecule has 5 rings (SSSR count). The minimum atomic E-state index is -0.407. The monoisotopic (exact) mass is 629 g/mol. The van der Waals surface area contributed by atoms with Crippen molar-refractivity contribution < 1.29 is 23.8 Å². The number of imidazole rings is 1. The van der Waals surface area contributed by atoms with Crippen LogP contribution in [0.3, 0.4) is 0 Å². The van der Waals surface area contributed by atoms with Crippen molar-refractivity contribution in [2.24, 2.45) is 14.1 Å². The van der Waals surface area contributed by atoms with Crippen LogP contribution in [0.1, 0.15) is 43.4 Å². The van der Waals surface area contributed by atoms with Crippen molar-refractivity contribution in [3.8, 4) is 28.4 Å². The second-order valence-corrected chi connectivity index (χ2v) is 11.3. The first-order valence-corrected chi connectivity index (χ1v) is 15.0. The van der Waals surface area contributed by atoms with Gasteiger partial charge in [0.15, 0.2) is 11.5 Å². The van der Waals surface area contributed by atoms with Crippen LogP contribution in [0.25, 0.3) is 22.2 Å². The van der Waals surface area contributed by atoms with Crippen molar-refractivity contribution in [1.29, 1.82) is 0 Å². The maximum Gasteiger partial charge on any atom is 0.328 e. The third kappa shape index (κ3) is 6.15. The Morgan fingerprint density at radius 2 is 1.65 bits per heavy atom. The lowest BCUT2D eigenvalue weighted by atomic mass is 9.95. The number of nitrogens with one attached hydrogen (secondary N) is 3. The maximum atomic E-state index is 13.5. The highest BCUT2D eigenvalue weighted by Crippen LogP contribution is 2.50. The van der Waals surface area contributed by atoms with Crippen molar-refractivity contribution in [2.75, 3.05) is 38.5 Å². The molecule has 0 spiro atoms. The highest BCUT2D eigenvalue weighted by molar-refractivity contribution is 5.93. The molecule has 4 aromatic rings. The van der Waals surface area contributed by atoms with Gasteiger partial charge in [0, 0.05) is 45.2 Å². The van der Waals surface area contributed by atoms with E-state index in [0.29, 0.717) is 60.0 Å². The fraction of sp³-hybridized carbons (Fsp3) is 0.353. The van der Waals surface area contributed by atoms with Gasteiger partial charge in [0.1, 0.15) is 0 Å². The van der Waals surface area contributed by atoms with Gasteiger partial charge >= 0.3 is 5.69 Å². The van der Waals surface area contributed by atoms with Crippen LogP contribution in [0, 0.1) is 0 Å². The number of fused-ring (bicyclic) bond motifs is 4. The maximum absolute atomic E-state index is 13.5. The fourth-order valence-electron chi connectivity index (χ4n) is 6.13. The normalized spacial score (nSPS) is 13.7. The molecule has 3 N–H and O–H groups in total. The molecule has 242 valence electrons. The molecular formula is C34H39N5O7. The summed E-state index contributed by atoms with van der Waals surface area (Å²) in [6, 6.07) is 12.0. The van der Waals surface area contributed by atoms with Crippen molar-refractivity contribution in [1.82, 2.24) is 14.5 Å². The number of hydrogen-bond acceptors (Lipinski definition) is 8. The first kappa shape index (κ1) is 32.1. The predicted molar refractivity (Wildman–Crippen MR) is 177 cm³/mol. The minimum absolute atomic E-state index is 0.137. The number of aromatic nitrogens is 2. The second-order valence-electron chi connectivity index (χ2n) is 11.3. The largest absolute Gasteiger partial charge is 0.493 e. The third-order valence-corrected chi connectivity index (χ3v) is 8.37. The van der Waals surface area contributed by atoms with Gasteiger partial charge in [-0.1, -0.05) is 6.07 Å². The average Bonchev–Trinajstić information content (AvgIpc) is 3.15. The fourth-order valence-corrected chi connectivity index (χ4v) is 6.13. The number of benzene rings is 2. The van der Waals surface area contributed by atoms with Gasteiger partial charge in [-0.15, -0.1) is 0 Å². The van der Waals surface area contributed by atoms with Crippen molar-refractivity contribution in [3.63, 3.8) is 0 Å². The van der Waals surface area contributed by atoms with Gasteiger partial charge in [0.2, 0.25) is 23.0 Å². The summed E-state index contributed by atoms with van der Waals surface area (Å²) in [6.45, 7) is 1.83. The molecular weight excluding hydrogens is 590 g/mol. The topological polar surface area (TPSA) is 142 Å². The van der Waals surface area contributed by atoms with Crippen LogP contribution in [0.2, 0.25) is 0 Å². The van der Waals surface area contributed by atoms with E-state index in [0.717, 1.165) is 27.7 Å². The van der Waals surface area contributed by atoms with Gasteiger partial charge in [-0.05, 0) is 72.4 Å². The number of carbonyl (C=O) groups excluding carboxylic acids is 2. The number of anilines is 2. The van der Waals surface area contributed by atoms with Crippen molar-refractivity contribution >= 4 is 34.2 Å². The molecule has 1 aliphatic carbocycles. The molecule has 1 atom stereocenters. The number of rotatable bonds is 10. The van der Waals surface area contributed by atoms with E-state index in [4.69, 9.17) is 14.2 Å². The number of methoxy groups -OCH3 is 3. The highest BCUT2D eigenvalue weighted by atomic mass is 16.5. The molecule has 0 aliphatic heterocycles. The molecule has 3 aromatic carbocycles. The number of carbonyl (C=O) groups is 2. The van der Waals surface area contributed by atoms with Crippen LogP contribution >= 0.6 is 0 Å². The quantitative estimate of drug-likeness (QED) is 0.225. The number of hydrogen-bond donors (Lipinski definition) is 3. The van der Waals surface area contributed by atoms with Crippen LogP contribution in [-0.4, -0.2) is 48.8 Å². The van der Waals surface area contributed by atoms with Crippen LogP contribution < -0.4 is 41.3 Å². The van der Waals surface area contributed by atoms with Crippen molar-refractivity contribution in [2.45, 2.75) is 38.6 Å². The number of nitrogens with zero attached hydrogens (tertiary/aromatic N) is 2. The standard InChI is InChI=1S/C34H39N5O7/c1-19(40)36-24-12-9-20-16-29(44-4)32(45-5)33(46-6)31(20)22-11-13-25(28(41)18-23(22)24)35-15-7-8-30(42)37-21-10-14-26-27(17-21)39(3)34(43)38(26)2/h10-11,13-14,16-18,24H,7-9,12,15H2,1-6H3,(H,35,41)(H,36,40)(H,37,42)/t24-/m0/s1. The summed E-state index contributed by atoms with van der Waals surface area (Å²) in [7, 11) is 8.06. The Balaban J connectivity index is 1.37. The lowest BCUT2D eigenvalue weighted by molar-refractivity contribution is -0.119. The van der Waals surface area contributed by atoms with E-state index in [-0.39, 0.29) is 29.4 Å². The summed E-state index contributed by atoms with van der Waals surface area (Å²) in [5.74, 6) is 1.06. The Bertz CT molecular complexity index is 1950. The second kappa shape index (κ2) is 13.4. The zero-order chi connectivity index (χ0) is 33.1. The van der Waals surface area contributed by atoms with Crippen molar-refractivity contribution in [3.05, 3.63) is 74.3 Å². The van der Waals surface area contributed by atoms with Gasteiger partial charge in [-0.25, -0.2) is 4.79 Å². The van der Waals surface area contributed by atoms with E-state index in [2.05, 4.69) is 16.0 Å². The van der Waals surface area contributed by atoms with E-state index < -0.39 is 6.04 Å². The average molecular weight is 630 g/mol. The first-order chi connectivity index (χ1) is 22.1. The Morgan fingerprint density at radius 1 is 0.913 bits per heavy atom. The molecule has 0 saturated heterocycles. The van der Waals surface area contributed by atoms with Crippen LogP contribution in [0.4, 0.5) is 11.4 Å². The van der Waals surface area contributed by atoms with Gasteiger partial charge in [-0.3, -0.25) is 23.5 Å². The molecule has 0 bridgehead atoms. The predicted octanol–water partition coefficient (Wildman–Crippen LogP) is 3.88. The molecule has 0 unspecified atom stereocenters. The highest BCUT2D eigenvalue weighted by Gasteiger charge is 2.29. The summed E-state index contributed by atoms with van der Waals surface area (Å²) in [4.78, 5) is 50.6. The first-order valence-electron chi connectivity index (χ1n) is 15.0. The third-order valence-electron chi connectivity index (χ3n) is 8.37. The molecule has 1 aliphatic rings. The lowest BCUT2D eigenvalue weighted by Crippen LogP contribution is -2.26. The molecule has 0 saturated carbocycles. The smallest absolute Gasteiger partial charge is 0.328 e. The molecule has 46 heavy (non-hydrogen) atoms. The summed E-state index contributed by atoms with van der Waals surface area (Å²) in [5.41, 5.74) is 5.21. The number of aryl methyl sites for hydroxylation is 3. The lowest BCUT2D eigenvalue weighted by Gasteiger charge is -2.19. The number of ether oxygens (including phenoxy) is 3. The molecule has 12 nitrogen and oxygen atoms in total. The van der Waals surface area contributed by atoms with Gasteiger partial charge in [0.25, 0.3) is 0 Å². The molecule has 0 radical (unpaired) electrons. The summed E-state index contributed by atoms with van der Waals surface area (Å²) in [5, 5.41) is 9.08. The molecule has 0 fully saturated rings. The van der Waals surface area contributed by atoms with Crippen LogP contribution in [0.15, 0.2) is 52.1 Å². The Kier molecular flexibility index (Phi) is 9.36. The van der Waals surface area contributed by atoms with E-state index in [1.54, 1.807) is 70.3 Å². The zero-order valence-electron chi connectivity index (χ0n) is 26.9. The van der Waals surface area contributed by atoms with Gasteiger partial charge in [-0.2, -0.15) is 0 Å².